The number of hydrogen-bond acceptors (Lipinski definition) is 3. The smallest absolute Gasteiger partial charge is 0.408 e. The fourth-order valence-electron chi connectivity index (χ4n) is 2.92. The van der Waals surface area contributed by atoms with E-state index in [2.05, 4.69) is 12.1 Å². The van der Waals surface area contributed by atoms with Gasteiger partial charge in [-0.3, -0.25) is 4.90 Å². The molecular formula is C18H25NO4. The number of cyclic esters (lactones) is 1. The van der Waals surface area contributed by atoms with Crippen LogP contribution in [0.15, 0.2) is 30.3 Å². The molecule has 0 unspecified atom stereocenters. The molecule has 1 fully saturated rings. The van der Waals surface area contributed by atoms with Gasteiger partial charge in [0.05, 0.1) is 0 Å². The summed E-state index contributed by atoms with van der Waals surface area (Å²) in [6, 6.07) is 9.60. The first-order valence-electron chi connectivity index (χ1n) is 8.24. The molecule has 2 rings (SSSR count). The third-order valence-corrected chi connectivity index (χ3v) is 4.25. The SMILES string of the molecule is CC(C)[C@@H]1OC(=O)[C@@H]1N(CCCCCc1ccccc1)C(=O)O. The monoisotopic (exact) mass is 319 g/mol. The minimum absolute atomic E-state index is 0.123. The van der Waals surface area contributed by atoms with Crippen molar-refractivity contribution < 1.29 is 19.4 Å². The van der Waals surface area contributed by atoms with Crippen LogP contribution in [0.25, 0.3) is 0 Å². The van der Waals surface area contributed by atoms with E-state index in [4.69, 9.17) is 4.74 Å². The van der Waals surface area contributed by atoms with E-state index in [1.807, 2.05) is 32.0 Å². The van der Waals surface area contributed by atoms with Gasteiger partial charge in [0, 0.05) is 6.54 Å². The van der Waals surface area contributed by atoms with E-state index in [-0.39, 0.29) is 12.0 Å². The van der Waals surface area contributed by atoms with Crippen molar-refractivity contribution >= 4 is 12.1 Å². The molecule has 1 aromatic carbocycles. The molecule has 1 heterocycles. The molecule has 1 amide bonds. The van der Waals surface area contributed by atoms with Crippen molar-refractivity contribution in [1.29, 1.82) is 0 Å². The maximum atomic E-state index is 11.6. The van der Waals surface area contributed by atoms with Crippen molar-refractivity contribution in [3.05, 3.63) is 35.9 Å². The molecule has 0 bridgehead atoms. The molecule has 5 heteroatoms. The fraction of sp³-hybridized carbons (Fsp3) is 0.556. The van der Waals surface area contributed by atoms with Crippen molar-refractivity contribution in [2.24, 2.45) is 5.92 Å². The van der Waals surface area contributed by atoms with Crippen LogP contribution in [0.4, 0.5) is 4.79 Å². The molecule has 126 valence electrons. The van der Waals surface area contributed by atoms with E-state index in [1.54, 1.807) is 0 Å². The lowest BCUT2D eigenvalue weighted by atomic mass is 9.93. The molecule has 23 heavy (non-hydrogen) atoms. The molecule has 1 aliphatic heterocycles. The Morgan fingerprint density at radius 1 is 1.22 bits per heavy atom. The van der Waals surface area contributed by atoms with Gasteiger partial charge < -0.3 is 9.84 Å². The first kappa shape index (κ1) is 17.3. The second-order valence-corrected chi connectivity index (χ2v) is 6.36. The Morgan fingerprint density at radius 2 is 1.91 bits per heavy atom. The molecule has 1 aliphatic rings. The minimum Gasteiger partial charge on any atom is -0.465 e. The average molecular weight is 319 g/mol. The van der Waals surface area contributed by atoms with E-state index >= 15 is 0 Å². The second-order valence-electron chi connectivity index (χ2n) is 6.36. The lowest BCUT2D eigenvalue weighted by Crippen LogP contribution is -2.63. The summed E-state index contributed by atoms with van der Waals surface area (Å²) in [5.74, 6) is -0.298. The average Bonchev–Trinajstić information content (AvgIpc) is 2.51. The molecular weight excluding hydrogens is 294 g/mol. The van der Waals surface area contributed by atoms with Crippen LogP contribution in [-0.4, -0.2) is 40.8 Å². The van der Waals surface area contributed by atoms with Gasteiger partial charge in [-0.05, 0) is 30.7 Å². The van der Waals surface area contributed by atoms with E-state index in [0.717, 1.165) is 25.7 Å². The maximum absolute atomic E-state index is 11.6. The lowest BCUT2D eigenvalue weighted by molar-refractivity contribution is -0.191. The Bertz CT molecular complexity index is 529. The van der Waals surface area contributed by atoms with Crippen molar-refractivity contribution in [2.75, 3.05) is 6.54 Å². The molecule has 1 aromatic rings. The maximum Gasteiger partial charge on any atom is 0.408 e. The summed E-state index contributed by atoms with van der Waals surface area (Å²) in [6.07, 6.45) is 2.35. The van der Waals surface area contributed by atoms with E-state index in [1.165, 1.54) is 10.5 Å². The number of amides is 1. The number of unbranched alkanes of at least 4 members (excludes halogenated alkanes) is 2. The Kier molecular flexibility index (Phi) is 6.02. The quantitative estimate of drug-likeness (QED) is 0.589. The summed E-state index contributed by atoms with van der Waals surface area (Å²) in [5, 5.41) is 9.38. The highest BCUT2D eigenvalue weighted by molar-refractivity contribution is 5.86. The van der Waals surface area contributed by atoms with Crippen LogP contribution in [0.5, 0.6) is 0 Å². The lowest BCUT2D eigenvalue weighted by Gasteiger charge is -2.42. The summed E-state index contributed by atoms with van der Waals surface area (Å²) < 4.78 is 5.09. The Morgan fingerprint density at radius 3 is 2.48 bits per heavy atom. The number of nitrogens with zero attached hydrogens (tertiary/aromatic N) is 1. The molecule has 0 radical (unpaired) electrons. The minimum atomic E-state index is -1.04. The summed E-state index contributed by atoms with van der Waals surface area (Å²) in [6.45, 7) is 4.25. The molecule has 1 N–H and O–H groups in total. The summed E-state index contributed by atoms with van der Waals surface area (Å²) in [4.78, 5) is 24.3. The summed E-state index contributed by atoms with van der Waals surface area (Å²) in [7, 11) is 0. The number of ether oxygens (including phenoxy) is 1. The van der Waals surface area contributed by atoms with Crippen molar-refractivity contribution in [1.82, 2.24) is 4.90 Å². The first-order chi connectivity index (χ1) is 11.0. The number of carbonyl (C=O) groups is 2. The number of carboxylic acid groups (broad SMARTS) is 1. The van der Waals surface area contributed by atoms with Gasteiger partial charge in [-0.25, -0.2) is 9.59 Å². The zero-order valence-corrected chi connectivity index (χ0v) is 13.8. The van der Waals surface area contributed by atoms with Gasteiger partial charge in [0.15, 0.2) is 6.04 Å². The zero-order valence-electron chi connectivity index (χ0n) is 13.8. The normalized spacial score (nSPS) is 20.0. The molecule has 1 saturated heterocycles. The molecule has 2 atom stereocenters. The van der Waals surface area contributed by atoms with Gasteiger partial charge in [0.2, 0.25) is 0 Å². The van der Waals surface area contributed by atoms with Crippen LogP contribution in [0.3, 0.4) is 0 Å². The molecule has 0 saturated carbocycles. The standard InChI is InChI=1S/C18H25NO4/c1-13(2)16-15(17(20)23-16)19(18(21)22)12-8-4-7-11-14-9-5-3-6-10-14/h3,5-6,9-10,13,15-16H,4,7-8,11-12H2,1-2H3,(H,21,22)/t15-,16+/m1/s1. The number of carbonyl (C=O) groups excluding carboxylic acids is 1. The number of esters is 1. The molecule has 0 aromatic heterocycles. The van der Waals surface area contributed by atoms with E-state index in [0.29, 0.717) is 6.54 Å². The summed E-state index contributed by atoms with van der Waals surface area (Å²) in [5.41, 5.74) is 1.30. The Balaban J connectivity index is 1.77. The van der Waals surface area contributed by atoms with Crippen molar-refractivity contribution in [2.45, 2.75) is 51.7 Å². The van der Waals surface area contributed by atoms with Gasteiger partial charge in [0.25, 0.3) is 0 Å². The number of benzene rings is 1. The van der Waals surface area contributed by atoms with E-state index < -0.39 is 18.1 Å². The Hall–Kier alpha value is -2.04. The molecule has 0 spiro atoms. The molecule has 0 aliphatic carbocycles. The largest absolute Gasteiger partial charge is 0.465 e. The van der Waals surface area contributed by atoms with Gasteiger partial charge in [-0.15, -0.1) is 0 Å². The number of hydrogen-bond donors (Lipinski definition) is 1. The third-order valence-electron chi connectivity index (χ3n) is 4.25. The van der Waals surface area contributed by atoms with Crippen LogP contribution in [0.2, 0.25) is 0 Å². The van der Waals surface area contributed by atoms with Crippen molar-refractivity contribution in [3.63, 3.8) is 0 Å². The fourth-order valence-corrected chi connectivity index (χ4v) is 2.92. The van der Waals surface area contributed by atoms with Crippen LogP contribution in [0.1, 0.15) is 38.7 Å². The van der Waals surface area contributed by atoms with Crippen LogP contribution in [0, 0.1) is 5.92 Å². The highest BCUT2D eigenvalue weighted by atomic mass is 16.6. The predicted molar refractivity (Wildman–Crippen MR) is 87.2 cm³/mol. The topological polar surface area (TPSA) is 66.8 Å². The van der Waals surface area contributed by atoms with Crippen molar-refractivity contribution in [3.8, 4) is 0 Å². The van der Waals surface area contributed by atoms with Crippen LogP contribution in [-0.2, 0) is 16.0 Å². The van der Waals surface area contributed by atoms with E-state index in [9.17, 15) is 14.7 Å². The summed E-state index contributed by atoms with van der Waals surface area (Å²) >= 11 is 0. The molecule has 5 nitrogen and oxygen atoms in total. The van der Waals surface area contributed by atoms with Gasteiger partial charge in [0.1, 0.15) is 6.10 Å². The second kappa shape index (κ2) is 7.99. The zero-order chi connectivity index (χ0) is 16.8. The van der Waals surface area contributed by atoms with Gasteiger partial charge >= 0.3 is 12.1 Å². The Labute approximate surface area is 137 Å². The number of rotatable bonds is 8. The van der Waals surface area contributed by atoms with Crippen LogP contribution < -0.4 is 0 Å². The predicted octanol–water partition coefficient (Wildman–Crippen LogP) is 3.33. The van der Waals surface area contributed by atoms with Crippen LogP contribution >= 0.6 is 0 Å². The third kappa shape index (κ3) is 4.47. The first-order valence-corrected chi connectivity index (χ1v) is 8.24. The van der Waals surface area contributed by atoms with Gasteiger partial charge in [-0.1, -0.05) is 50.6 Å². The highest BCUT2D eigenvalue weighted by Gasteiger charge is 2.49. The number of aryl methyl sites for hydroxylation is 1. The highest BCUT2D eigenvalue weighted by Crippen LogP contribution is 2.27. The van der Waals surface area contributed by atoms with Gasteiger partial charge in [-0.2, -0.15) is 0 Å².